The maximum atomic E-state index is 13.2. The van der Waals surface area contributed by atoms with E-state index in [1.54, 1.807) is 24.3 Å². The monoisotopic (exact) mass is 411 g/mol. The van der Waals surface area contributed by atoms with Gasteiger partial charge >= 0.3 is 0 Å². The van der Waals surface area contributed by atoms with Crippen LogP contribution in [0.15, 0.2) is 42.5 Å². The Balaban J connectivity index is 1.75. The molecule has 0 fully saturated rings. The topological polar surface area (TPSA) is 54.9 Å². The summed E-state index contributed by atoms with van der Waals surface area (Å²) in [5.41, 5.74) is 0.913. The number of aromatic nitrogens is 2. The van der Waals surface area contributed by atoms with Gasteiger partial charge in [-0.05, 0) is 48.0 Å². The van der Waals surface area contributed by atoms with Gasteiger partial charge < -0.3 is 5.32 Å². The molecule has 0 bridgehead atoms. The maximum Gasteiger partial charge on any atom is 0.286 e. The summed E-state index contributed by atoms with van der Waals surface area (Å²) < 4.78 is 26.2. The van der Waals surface area contributed by atoms with Crippen LogP contribution in [0.4, 0.5) is 14.5 Å². The lowest BCUT2D eigenvalue weighted by Crippen LogP contribution is -2.11. The Labute approximate surface area is 161 Å². The molecule has 0 aliphatic heterocycles. The summed E-state index contributed by atoms with van der Waals surface area (Å²) in [5, 5.41) is 11.4. The van der Waals surface area contributed by atoms with Crippen molar-refractivity contribution in [1.82, 2.24) is 10.2 Å². The van der Waals surface area contributed by atoms with E-state index < -0.39 is 17.5 Å². The molecule has 0 spiro atoms. The molecule has 0 saturated heterocycles. The minimum Gasteiger partial charge on any atom is -0.320 e. The third-order valence-electron chi connectivity index (χ3n) is 3.16. The van der Waals surface area contributed by atoms with Crippen LogP contribution < -0.4 is 5.32 Å². The SMILES string of the molecule is O=C(Nc1ccc(Cl)cc1)c1nnc(/C(Cl)=C/c2ccc(F)c(F)c2)s1. The molecule has 2 aromatic carbocycles. The lowest BCUT2D eigenvalue weighted by molar-refractivity contribution is 0.102. The van der Waals surface area contributed by atoms with Gasteiger partial charge in [-0.25, -0.2) is 8.78 Å². The molecule has 4 nitrogen and oxygen atoms in total. The number of rotatable bonds is 4. The second-order valence-electron chi connectivity index (χ2n) is 5.04. The zero-order valence-corrected chi connectivity index (χ0v) is 15.2. The third-order valence-corrected chi connectivity index (χ3v) is 4.77. The van der Waals surface area contributed by atoms with Crippen molar-refractivity contribution in [2.24, 2.45) is 0 Å². The van der Waals surface area contributed by atoms with Crippen molar-refractivity contribution < 1.29 is 13.6 Å². The highest BCUT2D eigenvalue weighted by Crippen LogP contribution is 2.26. The van der Waals surface area contributed by atoms with Gasteiger partial charge in [-0.15, -0.1) is 10.2 Å². The van der Waals surface area contributed by atoms with E-state index in [0.29, 0.717) is 16.3 Å². The molecule has 1 heterocycles. The average molecular weight is 412 g/mol. The van der Waals surface area contributed by atoms with E-state index in [4.69, 9.17) is 23.2 Å². The number of hydrogen-bond donors (Lipinski definition) is 1. The number of anilines is 1. The normalized spacial score (nSPS) is 11.5. The Kier molecular flexibility index (Phi) is 5.61. The predicted molar refractivity (Wildman–Crippen MR) is 99.4 cm³/mol. The summed E-state index contributed by atoms with van der Waals surface area (Å²) in [6, 6.07) is 9.96. The molecule has 3 aromatic rings. The molecule has 0 saturated carbocycles. The predicted octanol–water partition coefficient (Wildman–Crippen LogP) is 5.46. The molecule has 132 valence electrons. The fraction of sp³-hybridized carbons (Fsp3) is 0. The minimum absolute atomic E-state index is 0.104. The van der Waals surface area contributed by atoms with Crippen LogP contribution in [0.25, 0.3) is 11.1 Å². The first-order valence-corrected chi connectivity index (χ1v) is 8.72. The molecule has 3 rings (SSSR count). The Bertz CT molecular complexity index is 990. The fourth-order valence-corrected chi connectivity index (χ4v) is 2.99. The molecule has 0 aliphatic carbocycles. The van der Waals surface area contributed by atoms with Crippen LogP contribution >= 0.6 is 34.5 Å². The number of nitrogens with one attached hydrogen (secondary N) is 1. The van der Waals surface area contributed by atoms with Gasteiger partial charge in [0.05, 0.1) is 5.03 Å². The molecule has 0 unspecified atom stereocenters. The Morgan fingerprint density at radius 3 is 2.42 bits per heavy atom. The molecule has 1 aromatic heterocycles. The zero-order valence-electron chi connectivity index (χ0n) is 12.8. The lowest BCUT2D eigenvalue weighted by atomic mass is 10.2. The number of benzene rings is 2. The molecular weight excluding hydrogens is 403 g/mol. The first kappa shape index (κ1) is 18.4. The quantitative estimate of drug-likeness (QED) is 0.619. The number of carbonyl (C=O) groups excluding carboxylic acids is 1. The van der Waals surface area contributed by atoms with Crippen molar-refractivity contribution in [1.29, 1.82) is 0 Å². The van der Waals surface area contributed by atoms with E-state index in [-0.39, 0.29) is 15.0 Å². The van der Waals surface area contributed by atoms with Gasteiger partial charge in [0.15, 0.2) is 16.6 Å². The first-order chi connectivity index (χ1) is 12.4. The zero-order chi connectivity index (χ0) is 18.7. The Hall–Kier alpha value is -2.35. The molecule has 1 N–H and O–H groups in total. The van der Waals surface area contributed by atoms with Crippen LogP contribution in [0.1, 0.15) is 20.4 Å². The number of nitrogens with zero attached hydrogens (tertiary/aromatic N) is 2. The van der Waals surface area contributed by atoms with Crippen LogP contribution in [0, 0.1) is 11.6 Å². The van der Waals surface area contributed by atoms with Crippen LogP contribution in [-0.2, 0) is 0 Å². The summed E-state index contributed by atoms with van der Waals surface area (Å²) in [6.07, 6.45) is 1.41. The van der Waals surface area contributed by atoms with E-state index in [0.717, 1.165) is 23.5 Å². The highest BCUT2D eigenvalue weighted by atomic mass is 35.5. The smallest absolute Gasteiger partial charge is 0.286 e. The Morgan fingerprint density at radius 2 is 1.73 bits per heavy atom. The van der Waals surface area contributed by atoms with Crippen LogP contribution in [0.3, 0.4) is 0 Å². The number of hydrogen-bond acceptors (Lipinski definition) is 4. The molecular formula is C17H9Cl2F2N3OS. The summed E-state index contributed by atoms with van der Waals surface area (Å²) >= 11 is 12.9. The van der Waals surface area contributed by atoms with E-state index in [2.05, 4.69) is 15.5 Å². The van der Waals surface area contributed by atoms with Crippen molar-refractivity contribution in [3.05, 3.63) is 74.7 Å². The molecule has 1 amide bonds. The van der Waals surface area contributed by atoms with Crippen molar-refractivity contribution in [3.63, 3.8) is 0 Å². The van der Waals surface area contributed by atoms with E-state index in [1.807, 2.05) is 0 Å². The van der Waals surface area contributed by atoms with Gasteiger partial charge in [0.2, 0.25) is 5.01 Å². The van der Waals surface area contributed by atoms with Gasteiger partial charge in [0, 0.05) is 10.7 Å². The summed E-state index contributed by atoms with van der Waals surface area (Å²) in [5.74, 6) is -2.38. The van der Waals surface area contributed by atoms with Gasteiger partial charge in [-0.1, -0.05) is 40.6 Å². The van der Waals surface area contributed by atoms with Crippen molar-refractivity contribution >= 4 is 57.2 Å². The average Bonchev–Trinajstić information content (AvgIpc) is 3.10. The molecule has 0 aliphatic rings. The van der Waals surface area contributed by atoms with Gasteiger partial charge in [0.25, 0.3) is 5.91 Å². The number of amides is 1. The minimum atomic E-state index is -0.983. The highest BCUT2D eigenvalue weighted by molar-refractivity contribution is 7.15. The van der Waals surface area contributed by atoms with Crippen molar-refractivity contribution in [2.75, 3.05) is 5.32 Å². The van der Waals surface area contributed by atoms with Crippen LogP contribution in [-0.4, -0.2) is 16.1 Å². The van der Waals surface area contributed by atoms with E-state index >= 15 is 0 Å². The van der Waals surface area contributed by atoms with E-state index in [9.17, 15) is 13.6 Å². The van der Waals surface area contributed by atoms with Crippen molar-refractivity contribution in [3.8, 4) is 0 Å². The van der Waals surface area contributed by atoms with Crippen LogP contribution in [0.2, 0.25) is 5.02 Å². The second kappa shape index (κ2) is 7.90. The molecule has 9 heteroatoms. The second-order valence-corrected chi connectivity index (χ2v) is 6.86. The van der Waals surface area contributed by atoms with Gasteiger partial charge in [-0.3, -0.25) is 4.79 Å². The number of carbonyl (C=O) groups is 1. The number of halogens is 4. The van der Waals surface area contributed by atoms with Crippen molar-refractivity contribution in [2.45, 2.75) is 0 Å². The highest BCUT2D eigenvalue weighted by Gasteiger charge is 2.15. The Morgan fingerprint density at radius 1 is 1.04 bits per heavy atom. The van der Waals surface area contributed by atoms with Crippen LogP contribution in [0.5, 0.6) is 0 Å². The van der Waals surface area contributed by atoms with Gasteiger partial charge in [0.1, 0.15) is 0 Å². The molecule has 0 radical (unpaired) electrons. The summed E-state index contributed by atoms with van der Waals surface area (Å²) in [6.45, 7) is 0. The summed E-state index contributed by atoms with van der Waals surface area (Å²) in [7, 11) is 0. The largest absolute Gasteiger partial charge is 0.320 e. The first-order valence-electron chi connectivity index (χ1n) is 7.15. The van der Waals surface area contributed by atoms with Gasteiger partial charge in [-0.2, -0.15) is 0 Å². The lowest BCUT2D eigenvalue weighted by Gasteiger charge is -2.01. The summed E-state index contributed by atoms with van der Waals surface area (Å²) in [4.78, 5) is 12.2. The standard InChI is InChI=1S/C17H9Cl2F2N3OS/c18-10-2-4-11(5-3-10)22-15(25)17-24-23-16(26-17)12(19)7-9-1-6-13(20)14(21)8-9/h1-8H,(H,22,25)/b12-7-. The maximum absolute atomic E-state index is 13.2. The third kappa shape index (κ3) is 4.43. The fourth-order valence-electron chi connectivity index (χ4n) is 1.94. The molecule has 26 heavy (non-hydrogen) atoms. The molecule has 0 atom stereocenters. The van der Waals surface area contributed by atoms with E-state index in [1.165, 1.54) is 12.1 Å².